The lowest BCUT2D eigenvalue weighted by atomic mass is 10.2. The lowest BCUT2D eigenvalue weighted by Crippen LogP contribution is -2.28. The van der Waals surface area contributed by atoms with Crippen molar-refractivity contribution in [1.29, 1.82) is 0 Å². The topological polar surface area (TPSA) is 71.3 Å². The summed E-state index contributed by atoms with van der Waals surface area (Å²) in [6, 6.07) is 7.10. The van der Waals surface area contributed by atoms with E-state index in [2.05, 4.69) is 5.32 Å². The number of carbonyl (C=O) groups excluding carboxylic acids is 1. The SMILES string of the molecule is O=C(NCCCSc1ccc(Cl)c(Cl)c1)c1ccn(C2CC2)c(=O)c1O. The Morgan fingerprint density at radius 1 is 1.27 bits per heavy atom. The first-order valence-electron chi connectivity index (χ1n) is 8.27. The predicted octanol–water partition coefficient (Wildman–Crippen LogP) is 4.11. The highest BCUT2D eigenvalue weighted by atomic mass is 35.5. The Morgan fingerprint density at radius 3 is 2.73 bits per heavy atom. The molecule has 1 fully saturated rings. The van der Waals surface area contributed by atoms with Crippen molar-refractivity contribution in [3.63, 3.8) is 0 Å². The normalized spacial score (nSPS) is 13.6. The Bertz CT molecular complexity index is 881. The molecule has 1 aliphatic carbocycles. The van der Waals surface area contributed by atoms with Gasteiger partial charge in [-0.1, -0.05) is 23.2 Å². The minimum atomic E-state index is -0.504. The molecule has 5 nitrogen and oxygen atoms in total. The molecule has 1 aromatic carbocycles. The van der Waals surface area contributed by atoms with Crippen molar-refractivity contribution in [3.05, 3.63) is 56.4 Å². The standard InChI is InChI=1S/C18H18Cl2N2O3S/c19-14-5-4-12(10-15(14)20)26-9-1-7-21-17(24)13-6-8-22(11-2-3-11)18(25)16(13)23/h4-6,8,10-11,23H,1-3,7,9H2,(H,21,24). The van der Waals surface area contributed by atoms with Crippen LogP contribution in [-0.4, -0.2) is 27.9 Å². The van der Waals surface area contributed by atoms with Crippen molar-refractivity contribution >= 4 is 40.9 Å². The van der Waals surface area contributed by atoms with Crippen LogP contribution in [0, 0.1) is 0 Å². The number of amides is 1. The Kier molecular flexibility index (Phi) is 6.16. The van der Waals surface area contributed by atoms with Gasteiger partial charge < -0.3 is 15.0 Å². The summed E-state index contributed by atoms with van der Waals surface area (Å²) in [5.41, 5.74) is -0.487. The molecule has 0 bridgehead atoms. The zero-order chi connectivity index (χ0) is 18.7. The molecule has 1 saturated carbocycles. The van der Waals surface area contributed by atoms with Gasteiger partial charge in [0.2, 0.25) is 0 Å². The summed E-state index contributed by atoms with van der Waals surface area (Å²) < 4.78 is 1.49. The molecule has 0 saturated heterocycles. The maximum absolute atomic E-state index is 12.2. The van der Waals surface area contributed by atoms with Crippen LogP contribution in [0.5, 0.6) is 5.75 Å². The zero-order valence-corrected chi connectivity index (χ0v) is 16.2. The first-order chi connectivity index (χ1) is 12.5. The number of hydrogen-bond acceptors (Lipinski definition) is 4. The van der Waals surface area contributed by atoms with Crippen molar-refractivity contribution in [2.75, 3.05) is 12.3 Å². The molecule has 1 aromatic heterocycles. The first kappa shape index (κ1) is 19.1. The van der Waals surface area contributed by atoms with Crippen LogP contribution < -0.4 is 10.9 Å². The number of benzene rings is 1. The summed E-state index contributed by atoms with van der Waals surface area (Å²) in [5, 5.41) is 13.8. The Balaban J connectivity index is 1.47. The first-order valence-corrected chi connectivity index (χ1v) is 10.0. The third-order valence-corrected chi connectivity index (χ3v) is 5.86. The van der Waals surface area contributed by atoms with Crippen LogP contribution in [0.3, 0.4) is 0 Å². The molecule has 0 spiro atoms. The highest BCUT2D eigenvalue weighted by Crippen LogP contribution is 2.34. The summed E-state index contributed by atoms with van der Waals surface area (Å²) in [5.74, 6) is -0.141. The molecule has 2 N–H and O–H groups in total. The minimum Gasteiger partial charge on any atom is -0.502 e. The van der Waals surface area contributed by atoms with Crippen molar-refractivity contribution in [3.8, 4) is 5.75 Å². The fourth-order valence-corrected chi connectivity index (χ4v) is 3.74. The average Bonchev–Trinajstić information content (AvgIpc) is 3.44. The van der Waals surface area contributed by atoms with Gasteiger partial charge in [0, 0.05) is 23.7 Å². The summed E-state index contributed by atoms with van der Waals surface area (Å²) in [6.45, 7) is 0.443. The van der Waals surface area contributed by atoms with E-state index in [1.807, 2.05) is 6.07 Å². The van der Waals surface area contributed by atoms with Gasteiger partial charge in [-0.15, -0.1) is 11.8 Å². The minimum absolute atomic E-state index is 0.0176. The number of aromatic hydroxyl groups is 1. The quantitative estimate of drug-likeness (QED) is 0.530. The van der Waals surface area contributed by atoms with Gasteiger partial charge in [0.05, 0.1) is 15.6 Å². The van der Waals surface area contributed by atoms with E-state index in [9.17, 15) is 14.7 Å². The van der Waals surface area contributed by atoms with Crippen molar-refractivity contribution < 1.29 is 9.90 Å². The fourth-order valence-electron chi connectivity index (χ4n) is 2.49. The Labute approximate surface area is 165 Å². The maximum Gasteiger partial charge on any atom is 0.293 e. The number of nitrogens with one attached hydrogen (secondary N) is 1. The Hall–Kier alpha value is -1.63. The highest BCUT2D eigenvalue weighted by Gasteiger charge is 2.26. The molecule has 0 radical (unpaired) electrons. The molecular weight excluding hydrogens is 395 g/mol. The van der Waals surface area contributed by atoms with Gasteiger partial charge >= 0.3 is 0 Å². The van der Waals surface area contributed by atoms with Crippen LogP contribution in [0.25, 0.3) is 0 Å². The van der Waals surface area contributed by atoms with E-state index in [0.29, 0.717) is 16.6 Å². The van der Waals surface area contributed by atoms with Crippen LogP contribution in [0.1, 0.15) is 35.7 Å². The van der Waals surface area contributed by atoms with Crippen LogP contribution in [-0.2, 0) is 0 Å². The molecule has 138 valence electrons. The van der Waals surface area contributed by atoms with Crippen molar-refractivity contribution in [1.82, 2.24) is 9.88 Å². The van der Waals surface area contributed by atoms with E-state index in [1.165, 1.54) is 10.6 Å². The molecular formula is C18H18Cl2N2O3S. The van der Waals surface area contributed by atoms with Crippen molar-refractivity contribution in [2.45, 2.75) is 30.2 Å². The summed E-state index contributed by atoms with van der Waals surface area (Å²) >= 11 is 13.5. The van der Waals surface area contributed by atoms with E-state index >= 15 is 0 Å². The maximum atomic E-state index is 12.2. The zero-order valence-electron chi connectivity index (χ0n) is 13.9. The number of carbonyl (C=O) groups is 1. The van der Waals surface area contributed by atoms with E-state index in [0.717, 1.165) is 29.9 Å². The number of pyridine rings is 1. The van der Waals surface area contributed by atoms with Crippen LogP contribution in [0.15, 0.2) is 40.2 Å². The monoisotopic (exact) mass is 412 g/mol. The predicted molar refractivity (Wildman–Crippen MR) is 105 cm³/mol. The lowest BCUT2D eigenvalue weighted by Gasteiger charge is -2.09. The van der Waals surface area contributed by atoms with E-state index in [4.69, 9.17) is 23.2 Å². The van der Waals surface area contributed by atoms with E-state index in [1.54, 1.807) is 30.1 Å². The molecule has 0 aliphatic heterocycles. The second-order valence-corrected chi connectivity index (χ2v) is 8.04. The molecule has 1 heterocycles. The molecule has 26 heavy (non-hydrogen) atoms. The van der Waals surface area contributed by atoms with Gasteiger partial charge in [-0.2, -0.15) is 0 Å². The van der Waals surface area contributed by atoms with Crippen LogP contribution in [0.4, 0.5) is 0 Å². The van der Waals surface area contributed by atoms with E-state index in [-0.39, 0.29) is 11.6 Å². The summed E-state index contributed by atoms with van der Waals surface area (Å²) in [7, 11) is 0. The second-order valence-electron chi connectivity index (χ2n) is 6.06. The molecule has 8 heteroatoms. The number of nitrogens with zero attached hydrogens (tertiary/aromatic N) is 1. The molecule has 1 amide bonds. The van der Waals surface area contributed by atoms with E-state index < -0.39 is 17.2 Å². The summed E-state index contributed by atoms with van der Waals surface area (Å²) in [4.78, 5) is 25.2. The van der Waals surface area contributed by atoms with Gasteiger partial charge in [0.1, 0.15) is 0 Å². The van der Waals surface area contributed by atoms with Gasteiger partial charge in [-0.25, -0.2) is 0 Å². The number of halogens is 2. The number of rotatable bonds is 7. The highest BCUT2D eigenvalue weighted by molar-refractivity contribution is 7.99. The summed E-state index contributed by atoms with van der Waals surface area (Å²) in [6.07, 6.45) is 4.17. The van der Waals surface area contributed by atoms with Gasteiger partial charge in [0.25, 0.3) is 11.5 Å². The van der Waals surface area contributed by atoms with Gasteiger partial charge in [0.15, 0.2) is 5.75 Å². The number of hydrogen-bond donors (Lipinski definition) is 2. The Morgan fingerprint density at radius 2 is 2.04 bits per heavy atom. The third-order valence-electron chi connectivity index (χ3n) is 4.05. The molecule has 3 rings (SSSR count). The van der Waals surface area contributed by atoms with Gasteiger partial charge in [-0.05, 0) is 49.3 Å². The molecule has 0 atom stereocenters. The van der Waals surface area contributed by atoms with Crippen LogP contribution >= 0.6 is 35.0 Å². The fraction of sp³-hybridized carbons (Fsp3) is 0.333. The molecule has 0 unspecified atom stereocenters. The smallest absolute Gasteiger partial charge is 0.293 e. The number of thioether (sulfide) groups is 1. The second kappa shape index (κ2) is 8.37. The van der Waals surface area contributed by atoms with Gasteiger partial charge in [-0.3, -0.25) is 9.59 Å². The van der Waals surface area contributed by atoms with Crippen LogP contribution in [0.2, 0.25) is 10.0 Å². The largest absolute Gasteiger partial charge is 0.502 e. The molecule has 2 aromatic rings. The third kappa shape index (κ3) is 4.55. The lowest BCUT2D eigenvalue weighted by molar-refractivity contribution is 0.0950. The number of aromatic nitrogens is 1. The average molecular weight is 413 g/mol. The molecule has 1 aliphatic rings. The van der Waals surface area contributed by atoms with Crippen molar-refractivity contribution in [2.24, 2.45) is 0 Å².